The highest BCUT2D eigenvalue weighted by Crippen LogP contribution is 2.25. The van der Waals surface area contributed by atoms with Gasteiger partial charge in [-0.25, -0.2) is 19.9 Å². The number of nitrogens with one attached hydrogen (secondary N) is 2. The summed E-state index contributed by atoms with van der Waals surface area (Å²) in [5.41, 5.74) is 10.2. The van der Waals surface area contributed by atoms with Crippen molar-refractivity contribution >= 4 is 39.2 Å². The van der Waals surface area contributed by atoms with Crippen molar-refractivity contribution in [2.75, 3.05) is 6.61 Å². The summed E-state index contributed by atoms with van der Waals surface area (Å²) >= 11 is 1.46. The van der Waals surface area contributed by atoms with Gasteiger partial charge >= 0.3 is 0 Å². The highest BCUT2D eigenvalue weighted by molar-refractivity contribution is 7.09. The van der Waals surface area contributed by atoms with Gasteiger partial charge in [-0.1, -0.05) is 54.6 Å². The zero-order chi connectivity index (χ0) is 61.7. The van der Waals surface area contributed by atoms with E-state index in [-0.39, 0.29) is 66.1 Å². The number of oxazole rings is 1. The van der Waals surface area contributed by atoms with E-state index in [1.165, 1.54) is 41.9 Å². The van der Waals surface area contributed by atoms with Crippen LogP contribution in [0.25, 0.3) is 16.4 Å². The van der Waals surface area contributed by atoms with Gasteiger partial charge in [0.25, 0.3) is 0 Å². The Balaban J connectivity index is 0.000000206. The number of aliphatic imine (C=N–C) groups is 1. The van der Waals surface area contributed by atoms with Crippen molar-refractivity contribution in [3.05, 3.63) is 270 Å². The first kappa shape index (κ1) is 69.0. The first-order valence-electron chi connectivity index (χ1n) is 26.1. The lowest BCUT2D eigenvalue weighted by Gasteiger charge is -1.94. The summed E-state index contributed by atoms with van der Waals surface area (Å²) in [7, 11) is 0. The van der Waals surface area contributed by atoms with Crippen LogP contribution in [0.1, 0.15) is 55.9 Å². The molecule has 0 radical (unpaired) electrons. The van der Waals surface area contributed by atoms with E-state index in [1.807, 2.05) is 107 Å². The van der Waals surface area contributed by atoms with Crippen molar-refractivity contribution in [3.63, 3.8) is 0 Å². The number of benzene rings is 2. The Morgan fingerprint density at radius 3 is 1.77 bits per heavy atom. The smallest absolute Gasteiger partial charge is 0.219 e. The Hall–Kier alpha value is -9.48. The highest BCUT2D eigenvalue weighted by Gasteiger charge is 2.11. The van der Waals surface area contributed by atoms with Crippen LogP contribution in [0.3, 0.4) is 0 Å². The Labute approximate surface area is 499 Å². The number of hydrogen-bond donors (Lipinski definition) is 12. The molecule has 1 aliphatic heterocycles. The lowest BCUT2D eigenvalue weighted by Crippen LogP contribution is -2.02. The summed E-state index contributed by atoms with van der Waals surface area (Å²) in [6.07, 6.45) is 25.4. The molecule has 2 aromatic carbocycles. The molecule has 11 heterocycles. The van der Waals surface area contributed by atoms with Gasteiger partial charge < -0.3 is 69.9 Å². The SMILES string of the molecule is OCC1=Nc2ccccc2C1.OCc1c[nH]c2ccccc12.OCc1ccccn1.OCc1cccnc1.OCc1ccncc1.OCc1ccnnc1.OCc1cnc[nH]1.OCc1ncc2ccccn12.OCc1ncco1.OCc1nccs1. The van der Waals surface area contributed by atoms with Crippen LogP contribution in [-0.2, 0) is 65.9 Å². The number of aromatic nitrogens is 12. The second kappa shape index (κ2) is 43.2. The average Bonchev–Trinajstić information content (AvgIpc) is 4.50. The number of H-pyrrole nitrogens is 2. The van der Waals surface area contributed by atoms with E-state index in [1.54, 1.807) is 86.1 Å². The molecule has 0 saturated carbocycles. The summed E-state index contributed by atoms with van der Waals surface area (Å²) in [6.45, 7) is 0.397. The van der Waals surface area contributed by atoms with Crippen LogP contribution in [0, 0.1) is 0 Å². The number of pyridine rings is 4. The van der Waals surface area contributed by atoms with Crippen LogP contribution in [0.15, 0.2) is 223 Å². The number of aliphatic hydroxyl groups is 10. The van der Waals surface area contributed by atoms with Gasteiger partial charge in [0.15, 0.2) is 0 Å². The fraction of sp³-hybridized carbons (Fsp3) is 0.180. The molecule has 86 heavy (non-hydrogen) atoms. The Morgan fingerprint density at radius 1 is 0.500 bits per heavy atom. The molecule has 0 atom stereocenters. The maximum Gasteiger partial charge on any atom is 0.219 e. The average molecular weight is 1190 g/mol. The summed E-state index contributed by atoms with van der Waals surface area (Å²) in [5.74, 6) is 1.04. The predicted octanol–water partition coefficient (Wildman–Crippen LogP) is 6.19. The quantitative estimate of drug-likeness (QED) is 0.0726. The van der Waals surface area contributed by atoms with Gasteiger partial charge in [-0.3, -0.25) is 19.9 Å². The number of aromatic amines is 2. The summed E-state index contributed by atoms with van der Waals surface area (Å²) in [5, 5.41) is 96.3. The van der Waals surface area contributed by atoms with Gasteiger partial charge in [-0.2, -0.15) is 10.2 Å². The standard InChI is InChI=1S/2C9H9NO.C8H8N2O.3C6H7NO.C5H6N2O.C4H6N2O.C4H5NO2.C4H5NOS/c11-6-7-5-10-9-4-2-1-3-8(7)9;11-6-8-5-7-3-1-2-4-9(7)10-8;11-6-8-9-5-7-3-1-2-4-10(7)8;8-5-6-1-3-7-4-2-6;8-5-6-2-1-3-7-4-6;8-5-6-3-1-2-4-7-6;8-4-5-1-2-6-7-3-5;7-2-4-1-5-3-6-4;2*6-3-4-5-1-2-7-4/h1-5,10-11H,6H2;1-4,11H,5-6H2;1-5,11H,6H2;3*1-4,8H,5H2;1-3,8H,4H2;1,3,7H,2H2,(H,5,6);2*1-2,6H,3H2. The molecule has 13 rings (SSSR count). The van der Waals surface area contributed by atoms with Gasteiger partial charge in [0.1, 0.15) is 30.3 Å². The third kappa shape index (κ3) is 26.8. The van der Waals surface area contributed by atoms with Crippen LogP contribution in [-0.4, -0.2) is 123 Å². The summed E-state index contributed by atoms with van der Waals surface area (Å²) < 4.78 is 6.48. The van der Waals surface area contributed by atoms with Crippen molar-refractivity contribution < 1.29 is 55.5 Å². The molecule has 0 unspecified atom stereocenters. The number of thiazole rings is 1. The van der Waals surface area contributed by atoms with E-state index in [9.17, 15) is 0 Å². The van der Waals surface area contributed by atoms with Gasteiger partial charge in [0.05, 0.1) is 107 Å². The van der Waals surface area contributed by atoms with E-state index in [0.717, 1.165) is 67.2 Å². The van der Waals surface area contributed by atoms with E-state index in [4.69, 9.17) is 51.1 Å². The number of imidazole rings is 2. The zero-order valence-electron chi connectivity index (χ0n) is 46.7. The second-order valence-corrected chi connectivity index (χ2v) is 17.8. The van der Waals surface area contributed by atoms with Crippen LogP contribution in [0.4, 0.5) is 5.69 Å². The lowest BCUT2D eigenvalue weighted by atomic mass is 10.1. The molecule has 12 aromatic rings. The Morgan fingerprint density at radius 2 is 1.26 bits per heavy atom. The van der Waals surface area contributed by atoms with Gasteiger partial charge in [-0.15, -0.1) is 11.3 Å². The first-order chi connectivity index (χ1) is 42.3. The topological polar surface area (TPSA) is 380 Å². The van der Waals surface area contributed by atoms with Crippen LogP contribution in [0.2, 0.25) is 0 Å². The number of nitrogens with zero attached hydrogens (tertiary/aromatic N) is 11. The summed E-state index contributed by atoms with van der Waals surface area (Å²) in [4.78, 5) is 36.6. The fourth-order valence-electron chi connectivity index (χ4n) is 6.59. The first-order valence-corrected chi connectivity index (χ1v) is 27.0. The predicted molar refractivity (Wildman–Crippen MR) is 323 cm³/mol. The Kier molecular flexibility index (Phi) is 34.7. The molecule has 12 N–H and O–H groups in total. The third-order valence-corrected chi connectivity index (χ3v) is 11.6. The van der Waals surface area contributed by atoms with Crippen molar-refractivity contribution in [3.8, 4) is 0 Å². The molecule has 0 saturated heterocycles. The maximum absolute atomic E-state index is 8.90. The number of hydrogen-bond acceptors (Lipinski definition) is 22. The fourth-order valence-corrected chi connectivity index (χ4v) is 7.06. The normalized spacial score (nSPS) is 10.2. The summed E-state index contributed by atoms with van der Waals surface area (Å²) in [6, 6.07) is 36.0. The molecule has 24 nitrogen and oxygen atoms in total. The van der Waals surface area contributed by atoms with Crippen LogP contribution in [0.5, 0.6) is 0 Å². The van der Waals surface area contributed by atoms with Gasteiger partial charge in [0, 0.05) is 89.8 Å². The lowest BCUT2D eigenvalue weighted by molar-refractivity contribution is 0.240. The van der Waals surface area contributed by atoms with Gasteiger partial charge in [0.2, 0.25) is 5.89 Å². The van der Waals surface area contributed by atoms with E-state index in [2.05, 4.69) is 64.5 Å². The van der Waals surface area contributed by atoms with Crippen LogP contribution < -0.4 is 0 Å². The number of aliphatic hydroxyl groups excluding tert-OH is 10. The molecular weight excluding hydrogens is 1120 g/mol. The number of rotatable bonds is 10. The van der Waals surface area contributed by atoms with Crippen molar-refractivity contribution in [1.82, 2.24) is 59.5 Å². The molecule has 0 aliphatic carbocycles. The molecule has 1 aliphatic rings. The van der Waals surface area contributed by atoms with Gasteiger partial charge in [-0.05, 0) is 82.9 Å². The minimum atomic E-state index is -0.118. The monoisotopic (exact) mass is 1190 g/mol. The molecule has 0 amide bonds. The molecule has 10 aromatic heterocycles. The third-order valence-electron chi connectivity index (χ3n) is 10.9. The van der Waals surface area contributed by atoms with Crippen molar-refractivity contribution in [2.24, 2.45) is 4.99 Å². The zero-order valence-corrected chi connectivity index (χ0v) is 47.5. The minimum absolute atomic E-state index is 0.0157. The van der Waals surface area contributed by atoms with E-state index < -0.39 is 0 Å². The minimum Gasteiger partial charge on any atom is -0.446 e. The largest absolute Gasteiger partial charge is 0.446 e. The highest BCUT2D eigenvalue weighted by atomic mass is 32.1. The number of fused-ring (bicyclic) bond motifs is 3. The molecule has 0 fully saturated rings. The molecule has 0 spiro atoms. The maximum atomic E-state index is 8.90. The van der Waals surface area contributed by atoms with Crippen molar-refractivity contribution in [1.29, 1.82) is 0 Å². The molecule has 0 bridgehead atoms. The van der Waals surface area contributed by atoms with E-state index >= 15 is 0 Å². The molecular formula is C61H69N13O11S. The second-order valence-electron chi connectivity index (χ2n) is 16.8. The van der Waals surface area contributed by atoms with E-state index in [0.29, 0.717) is 17.4 Å². The van der Waals surface area contributed by atoms with Crippen molar-refractivity contribution in [2.45, 2.75) is 65.9 Å². The number of para-hydroxylation sites is 2. The molecule has 25 heteroatoms. The Bertz CT molecular complexity index is 3240. The van der Waals surface area contributed by atoms with Crippen LogP contribution >= 0.6 is 11.3 Å². The molecule has 450 valence electrons.